The summed E-state index contributed by atoms with van der Waals surface area (Å²) in [5, 5.41) is 4.42. The first-order valence-corrected chi connectivity index (χ1v) is 8.56. The third-order valence-electron chi connectivity index (χ3n) is 4.03. The molecule has 0 spiro atoms. The highest BCUT2D eigenvalue weighted by Gasteiger charge is 2.31. The number of nitrogens with zero attached hydrogens (tertiary/aromatic N) is 1. The van der Waals surface area contributed by atoms with Gasteiger partial charge in [-0.1, -0.05) is 34.6 Å². The first-order valence-electron chi connectivity index (χ1n) is 7.51. The van der Waals surface area contributed by atoms with Crippen LogP contribution in [0, 0.1) is 11.8 Å². The molecule has 1 fully saturated rings. The van der Waals surface area contributed by atoms with E-state index >= 15 is 0 Å². The van der Waals surface area contributed by atoms with Gasteiger partial charge in [-0.05, 0) is 25.3 Å². The predicted molar refractivity (Wildman–Crippen MR) is 84.4 cm³/mol. The van der Waals surface area contributed by atoms with Crippen molar-refractivity contribution in [2.75, 3.05) is 25.4 Å². The van der Waals surface area contributed by atoms with Crippen molar-refractivity contribution in [2.45, 2.75) is 58.9 Å². The Balaban J connectivity index is 2.54. The molecule has 0 aromatic carbocycles. The van der Waals surface area contributed by atoms with E-state index in [1.807, 2.05) is 0 Å². The van der Waals surface area contributed by atoms with Gasteiger partial charge in [0.15, 0.2) is 0 Å². The molecule has 0 saturated carbocycles. The van der Waals surface area contributed by atoms with Gasteiger partial charge in [0.2, 0.25) is 0 Å². The van der Waals surface area contributed by atoms with Crippen LogP contribution in [0.3, 0.4) is 0 Å². The van der Waals surface area contributed by atoms with Crippen molar-refractivity contribution in [1.29, 1.82) is 0 Å². The highest BCUT2D eigenvalue weighted by molar-refractivity contribution is 8.00. The van der Waals surface area contributed by atoms with E-state index in [-0.39, 0.29) is 0 Å². The monoisotopic (exact) mass is 272 g/mol. The average molecular weight is 273 g/mol. The number of rotatable bonds is 6. The summed E-state index contributed by atoms with van der Waals surface area (Å²) in [7, 11) is 0. The Bertz CT molecular complexity index is 231. The maximum atomic E-state index is 3.65. The molecule has 0 aliphatic carbocycles. The smallest absolute Gasteiger partial charge is 0.0247 e. The summed E-state index contributed by atoms with van der Waals surface area (Å²) in [5.41, 5.74) is 0. The minimum atomic E-state index is 0.682. The third kappa shape index (κ3) is 4.75. The van der Waals surface area contributed by atoms with Crippen molar-refractivity contribution in [3.8, 4) is 0 Å². The maximum Gasteiger partial charge on any atom is 0.0247 e. The van der Waals surface area contributed by atoms with Crippen LogP contribution in [0.2, 0.25) is 0 Å². The van der Waals surface area contributed by atoms with Crippen molar-refractivity contribution in [1.82, 2.24) is 10.2 Å². The second-order valence-electron chi connectivity index (χ2n) is 6.42. The molecule has 1 saturated heterocycles. The van der Waals surface area contributed by atoms with Gasteiger partial charge in [0.05, 0.1) is 0 Å². The van der Waals surface area contributed by atoms with Crippen LogP contribution in [0.4, 0.5) is 0 Å². The summed E-state index contributed by atoms with van der Waals surface area (Å²) in [4.78, 5) is 2.74. The lowest BCUT2D eigenvalue weighted by atomic mass is 9.99. The Morgan fingerprint density at radius 1 is 1.17 bits per heavy atom. The van der Waals surface area contributed by atoms with Gasteiger partial charge in [0.25, 0.3) is 0 Å². The fourth-order valence-electron chi connectivity index (χ4n) is 2.68. The first-order chi connectivity index (χ1) is 8.43. The van der Waals surface area contributed by atoms with Crippen LogP contribution in [0.25, 0.3) is 0 Å². The van der Waals surface area contributed by atoms with Gasteiger partial charge >= 0.3 is 0 Å². The molecular weight excluding hydrogens is 240 g/mol. The molecule has 2 nitrogen and oxygen atoms in total. The Hall–Kier alpha value is 0.270. The van der Waals surface area contributed by atoms with Crippen molar-refractivity contribution in [2.24, 2.45) is 11.8 Å². The zero-order valence-corrected chi connectivity index (χ0v) is 13.9. The minimum Gasteiger partial charge on any atom is -0.315 e. The molecular formula is C15H32N2S. The van der Waals surface area contributed by atoms with E-state index in [0.29, 0.717) is 12.1 Å². The normalized spacial score (nSPS) is 28.0. The van der Waals surface area contributed by atoms with Crippen LogP contribution in [0.15, 0.2) is 0 Å². The minimum absolute atomic E-state index is 0.682. The maximum absolute atomic E-state index is 3.65. The Kier molecular flexibility index (Phi) is 7.04. The van der Waals surface area contributed by atoms with Crippen LogP contribution >= 0.6 is 11.8 Å². The summed E-state index contributed by atoms with van der Waals surface area (Å²) in [6.07, 6.45) is 0. The molecule has 3 atom stereocenters. The Morgan fingerprint density at radius 2 is 1.83 bits per heavy atom. The second kappa shape index (κ2) is 7.76. The second-order valence-corrected chi connectivity index (χ2v) is 7.90. The fraction of sp³-hybridized carbons (Fsp3) is 1.00. The lowest BCUT2D eigenvalue weighted by molar-refractivity contribution is 0.110. The van der Waals surface area contributed by atoms with Crippen LogP contribution in [0.1, 0.15) is 41.5 Å². The molecule has 18 heavy (non-hydrogen) atoms. The number of hydrogen-bond donors (Lipinski definition) is 1. The van der Waals surface area contributed by atoms with E-state index in [9.17, 15) is 0 Å². The zero-order chi connectivity index (χ0) is 13.7. The highest BCUT2D eigenvalue weighted by Crippen LogP contribution is 2.27. The molecule has 108 valence electrons. The van der Waals surface area contributed by atoms with Crippen molar-refractivity contribution in [3.63, 3.8) is 0 Å². The largest absolute Gasteiger partial charge is 0.315 e. The zero-order valence-electron chi connectivity index (χ0n) is 13.1. The van der Waals surface area contributed by atoms with Gasteiger partial charge in [-0.15, -0.1) is 0 Å². The van der Waals surface area contributed by atoms with Crippen molar-refractivity contribution >= 4 is 11.8 Å². The van der Waals surface area contributed by atoms with E-state index < -0.39 is 0 Å². The molecule has 1 aliphatic rings. The topological polar surface area (TPSA) is 15.3 Å². The van der Waals surface area contributed by atoms with Gasteiger partial charge in [0.1, 0.15) is 0 Å². The lowest BCUT2D eigenvalue weighted by Gasteiger charge is -2.44. The molecule has 1 aliphatic heterocycles. The van der Waals surface area contributed by atoms with Crippen LogP contribution in [-0.2, 0) is 0 Å². The molecule has 0 bridgehead atoms. The van der Waals surface area contributed by atoms with E-state index in [1.165, 1.54) is 12.3 Å². The molecule has 1 rings (SSSR count). The highest BCUT2D eigenvalue weighted by atomic mass is 32.2. The summed E-state index contributed by atoms with van der Waals surface area (Å²) >= 11 is 2.13. The van der Waals surface area contributed by atoms with E-state index in [1.54, 1.807) is 0 Å². The molecule has 3 heteroatoms. The van der Waals surface area contributed by atoms with Gasteiger partial charge in [-0.25, -0.2) is 0 Å². The Morgan fingerprint density at radius 3 is 2.39 bits per heavy atom. The summed E-state index contributed by atoms with van der Waals surface area (Å²) in [6.45, 7) is 17.6. The first kappa shape index (κ1) is 16.3. The number of nitrogens with one attached hydrogen (secondary N) is 1. The molecule has 0 aromatic heterocycles. The fourth-order valence-corrected chi connectivity index (χ4v) is 3.80. The SMILES string of the molecule is CC(C)CNCC(C(C)C)N1CCSC(C)C1C. The van der Waals surface area contributed by atoms with Crippen LogP contribution < -0.4 is 5.32 Å². The lowest BCUT2D eigenvalue weighted by Crippen LogP contribution is -2.55. The summed E-state index contributed by atoms with van der Waals surface area (Å²) in [6, 6.07) is 1.39. The van der Waals surface area contributed by atoms with Gasteiger partial charge in [-0.2, -0.15) is 11.8 Å². The van der Waals surface area contributed by atoms with Crippen LogP contribution in [-0.4, -0.2) is 47.6 Å². The standard InChI is InChI=1S/C15H32N2S/c1-11(2)9-16-10-15(12(3)4)17-7-8-18-14(6)13(17)5/h11-16H,7-10H2,1-6H3. The molecule has 0 amide bonds. The predicted octanol–water partition coefficient (Wildman–Crippen LogP) is 3.08. The van der Waals surface area contributed by atoms with E-state index in [4.69, 9.17) is 0 Å². The van der Waals surface area contributed by atoms with Gasteiger partial charge < -0.3 is 5.32 Å². The molecule has 0 aromatic rings. The quantitative estimate of drug-likeness (QED) is 0.800. The van der Waals surface area contributed by atoms with Gasteiger partial charge in [-0.3, -0.25) is 4.90 Å². The van der Waals surface area contributed by atoms with Crippen LogP contribution in [0.5, 0.6) is 0 Å². The summed E-state index contributed by atoms with van der Waals surface area (Å²) < 4.78 is 0. The van der Waals surface area contributed by atoms with Crippen molar-refractivity contribution in [3.05, 3.63) is 0 Å². The number of hydrogen-bond acceptors (Lipinski definition) is 3. The summed E-state index contributed by atoms with van der Waals surface area (Å²) in [5.74, 6) is 2.76. The molecule has 1 N–H and O–H groups in total. The molecule has 3 unspecified atom stereocenters. The average Bonchev–Trinajstić information content (AvgIpc) is 2.28. The van der Waals surface area contributed by atoms with Gasteiger partial charge in [0, 0.05) is 36.2 Å². The Labute approximate surface area is 118 Å². The molecule has 1 heterocycles. The van der Waals surface area contributed by atoms with E-state index in [0.717, 1.165) is 30.2 Å². The third-order valence-corrected chi connectivity index (χ3v) is 5.37. The van der Waals surface area contributed by atoms with E-state index in [2.05, 4.69) is 63.5 Å². The van der Waals surface area contributed by atoms with Crippen molar-refractivity contribution < 1.29 is 0 Å². The molecule has 0 radical (unpaired) electrons. The number of thioether (sulfide) groups is 1.